The van der Waals surface area contributed by atoms with Crippen LogP contribution in [0, 0.1) is 11.6 Å². The van der Waals surface area contributed by atoms with Gasteiger partial charge < -0.3 is 5.32 Å². The lowest BCUT2D eigenvalue weighted by Gasteiger charge is -2.09. The first-order valence-corrected chi connectivity index (χ1v) is 7.13. The molecule has 2 aromatic heterocycles. The zero-order valence-corrected chi connectivity index (χ0v) is 13.2. The number of carbonyl (C=O) groups is 1. The number of amides is 1. The van der Waals surface area contributed by atoms with Crippen LogP contribution < -0.4 is 16.6 Å². The molecule has 7 nitrogen and oxygen atoms in total. The van der Waals surface area contributed by atoms with Crippen molar-refractivity contribution in [1.82, 2.24) is 14.1 Å². The Kier molecular flexibility index (Phi) is 3.91. The summed E-state index contributed by atoms with van der Waals surface area (Å²) in [7, 11) is 2.72. The number of para-hydroxylation sites is 1. The van der Waals surface area contributed by atoms with Gasteiger partial charge in [-0.05, 0) is 24.3 Å². The Labute approximate surface area is 139 Å². The number of halogens is 2. The molecule has 0 unspecified atom stereocenters. The third-order valence-electron chi connectivity index (χ3n) is 3.74. The Morgan fingerprint density at radius 2 is 1.68 bits per heavy atom. The van der Waals surface area contributed by atoms with Crippen molar-refractivity contribution in [2.75, 3.05) is 5.32 Å². The molecule has 3 aromatic rings. The van der Waals surface area contributed by atoms with Crippen molar-refractivity contribution in [1.29, 1.82) is 0 Å². The summed E-state index contributed by atoms with van der Waals surface area (Å²) in [5.41, 5.74) is -1.97. The number of hydrogen-bond donors (Lipinski definition) is 1. The highest BCUT2D eigenvalue weighted by Crippen LogP contribution is 2.19. The van der Waals surface area contributed by atoms with Crippen LogP contribution in [0.4, 0.5) is 14.5 Å². The zero-order chi connectivity index (χ0) is 18.3. The van der Waals surface area contributed by atoms with Crippen molar-refractivity contribution in [2.24, 2.45) is 14.1 Å². The van der Waals surface area contributed by atoms with E-state index >= 15 is 0 Å². The van der Waals surface area contributed by atoms with E-state index in [1.807, 2.05) is 0 Å². The van der Waals surface area contributed by atoms with Crippen LogP contribution in [-0.2, 0) is 14.1 Å². The minimum absolute atomic E-state index is 0.00486. The molecular formula is C16H12F2N4O3. The lowest BCUT2D eigenvalue weighted by Crippen LogP contribution is -2.37. The van der Waals surface area contributed by atoms with Crippen molar-refractivity contribution < 1.29 is 13.6 Å². The summed E-state index contributed by atoms with van der Waals surface area (Å²) in [6.45, 7) is 0. The van der Waals surface area contributed by atoms with Gasteiger partial charge in [0.05, 0.1) is 5.39 Å². The van der Waals surface area contributed by atoms with Crippen LogP contribution in [0.3, 0.4) is 0 Å². The van der Waals surface area contributed by atoms with Gasteiger partial charge in [-0.1, -0.05) is 6.07 Å². The molecule has 0 aliphatic heterocycles. The first-order valence-electron chi connectivity index (χ1n) is 7.13. The van der Waals surface area contributed by atoms with Gasteiger partial charge in [0.25, 0.3) is 11.5 Å². The summed E-state index contributed by atoms with van der Waals surface area (Å²) in [6, 6.07) is 5.74. The molecule has 9 heteroatoms. The molecule has 0 bridgehead atoms. The summed E-state index contributed by atoms with van der Waals surface area (Å²) in [5, 5.41) is 2.23. The number of anilines is 1. The van der Waals surface area contributed by atoms with Crippen LogP contribution in [0.15, 0.2) is 39.9 Å². The van der Waals surface area contributed by atoms with Crippen molar-refractivity contribution in [3.63, 3.8) is 0 Å². The van der Waals surface area contributed by atoms with Gasteiger partial charge in [-0.25, -0.2) is 18.6 Å². The summed E-state index contributed by atoms with van der Waals surface area (Å²) in [4.78, 5) is 40.2. The average Bonchev–Trinajstić information content (AvgIpc) is 2.60. The summed E-state index contributed by atoms with van der Waals surface area (Å²) in [6.07, 6.45) is 0. The molecule has 0 aliphatic carbocycles. The van der Waals surface area contributed by atoms with Crippen molar-refractivity contribution in [2.45, 2.75) is 0 Å². The highest BCUT2D eigenvalue weighted by atomic mass is 19.1. The van der Waals surface area contributed by atoms with Gasteiger partial charge in [0.15, 0.2) is 0 Å². The lowest BCUT2D eigenvalue weighted by atomic mass is 10.2. The van der Waals surface area contributed by atoms with Crippen LogP contribution in [0.1, 0.15) is 10.5 Å². The van der Waals surface area contributed by atoms with Crippen molar-refractivity contribution in [3.05, 3.63) is 68.5 Å². The van der Waals surface area contributed by atoms with E-state index in [4.69, 9.17) is 0 Å². The lowest BCUT2D eigenvalue weighted by molar-refractivity contribution is 0.102. The minimum Gasteiger partial charge on any atom is -0.316 e. The van der Waals surface area contributed by atoms with Gasteiger partial charge in [-0.3, -0.25) is 18.7 Å². The Bertz CT molecular complexity index is 1110. The molecule has 0 radical (unpaired) electrons. The SMILES string of the molecule is Cn1c(=O)c2ccc(C(=O)Nc3c(F)cccc3F)nc2n(C)c1=O. The Balaban J connectivity index is 2.09. The molecule has 1 amide bonds. The first-order chi connectivity index (χ1) is 11.8. The van der Waals surface area contributed by atoms with Crippen molar-refractivity contribution >= 4 is 22.6 Å². The molecule has 0 aliphatic rings. The van der Waals surface area contributed by atoms with Crippen LogP contribution in [0.25, 0.3) is 11.0 Å². The third-order valence-corrected chi connectivity index (χ3v) is 3.74. The van der Waals surface area contributed by atoms with Gasteiger partial charge in [0, 0.05) is 14.1 Å². The molecule has 2 heterocycles. The number of carbonyl (C=O) groups excluding carboxylic acids is 1. The summed E-state index contributed by atoms with van der Waals surface area (Å²) >= 11 is 0. The maximum absolute atomic E-state index is 13.6. The minimum atomic E-state index is -0.935. The number of benzene rings is 1. The first kappa shape index (κ1) is 16.5. The topological polar surface area (TPSA) is 86.0 Å². The van der Waals surface area contributed by atoms with E-state index in [0.717, 1.165) is 21.3 Å². The molecule has 0 spiro atoms. The molecule has 3 rings (SSSR count). The van der Waals surface area contributed by atoms with Gasteiger partial charge in [0.2, 0.25) is 0 Å². The van der Waals surface area contributed by atoms with Crippen LogP contribution >= 0.6 is 0 Å². The molecule has 25 heavy (non-hydrogen) atoms. The Morgan fingerprint density at radius 3 is 2.32 bits per heavy atom. The second kappa shape index (κ2) is 5.93. The van der Waals surface area contributed by atoms with Gasteiger partial charge in [-0.15, -0.1) is 0 Å². The van der Waals surface area contributed by atoms with Crippen LogP contribution in [0.5, 0.6) is 0 Å². The maximum atomic E-state index is 13.6. The van der Waals surface area contributed by atoms with Crippen LogP contribution in [-0.4, -0.2) is 20.0 Å². The van der Waals surface area contributed by atoms with E-state index < -0.39 is 34.5 Å². The van der Waals surface area contributed by atoms with Gasteiger partial charge in [0.1, 0.15) is 28.7 Å². The van der Waals surface area contributed by atoms with E-state index in [0.29, 0.717) is 0 Å². The molecule has 0 fully saturated rings. The van der Waals surface area contributed by atoms with Gasteiger partial charge in [-0.2, -0.15) is 0 Å². The second-order valence-corrected chi connectivity index (χ2v) is 5.32. The predicted molar refractivity (Wildman–Crippen MR) is 86.5 cm³/mol. The fourth-order valence-electron chi connectivity index (χ4n) is 2.38. The average molecular weight is 346 g/mol. The summed E-state index contributed by atoms with van der Waals surface area (Å²) in [5.74, 6) is -2.75. The van der Waals surface area contributed by atoms with E-state index in [9.17, 15) is 23.2 Å². The molecular weight excluding hydrogens is 334 g/mol. The zero-order valence-electron chi connectivity index (χ0n) is 13.2. The largest absolute Gasteiger partial charge is 0.332 e. The fraction of sp³-hybridized carbons (Fsp3) is 0.125. The molecule has 1 N–H and O–H groups in total. The molecule has 0 atom stereocenters. The third kappa shape index (κ3) is 2.69. The monoisotopic (exact) mass is 346 g/mol. The smallest absolute Gasteiger partial charge is 0.316 e. The van der Waals surface area contributed by atoms with E-state index in [2.05, 4.69) is 10.3 Å². The molecule has 128 valence electrons. The molecule has 0 saturated carbocycles. The number of pyridine rings is 1. The highest BCUT2D eigenvalue weighted by molar-refractivity contribution is 6.04. The summed E-state index contributed by atoms with van der Waals surface area (Å²) < 4.78 is 29.3. The number of nitrogens with one attached hydrogen (secondary N) is 1. The number of hydrogen-bond acceptors (Lipinski definition) is 4. The number of nitrogens with zero attached hydrogens (tertiary/aromatic N) is 3. The Morgan fingerprint density at radius 1 is 1.04 bits per heavy atom. The highest BCUT2D eigenvalue weighted by Gasteiger charge is 2.17. The predicted octanol–water partition coefficient (Wildman–Crippen LogP) is 1.16. The van der Waals surface area contributed by atoms with Gasteiger partial charge >= 0.3 is 5.69 Å². The van der Waals surface area contributed by atoms with E-state index in [1.165, 1.54) is 32.3 Å². The fourth-order valence-corrected chi connectivity index (χ4v) is 2.38. The van der Waals surface area contributed by atoms with Crippen LogP contribution in [0.2, 0.25) is 0 Å². The standard InChI is InChI=1S/C16H12F2N4O3/c1-21-13-8(15(24)22(2)16(21)25)6-7-11(19-13)14(23)20-12-9(17)4-3-5-10(12)18/h3-7H,1-2H3,(H,20,23). The van der Waals surface area contributed by atoms with Crippen molar-refractivity contribution in [3.8, 4) is 0 Å². The number of rotatable bonds is 2. The Hall–Kier alpha value is -3.36. The van der Waals surface area contributed by atoms with E-state index in [1.54, 1.807) is 0 Å². The quantitative estimate of drug-likeness (QED) is 0.755. The number of aromatic nitrogens is 3. The number of aryl methyl sites for hydroxylation is 1. The molecule has 1 aromatic carbocycles. The molecule has 0 saturated heterocycles. The van der Waals surface area contributed by atoms with E-state index in [-0.39, 0.29) is 16.7 Å². The normalized spacial score (nSPS) is 10.9. The second-order valence-electron chi connectivity index (χ2n) is 5.32. The maximum Gasteiger partial charge on any atom is 0.332 e. The number of fused-ring (bicyclic) bond motifs is 1.